The van der Waals surface area contributed by atoms with Crippen molar-refractivity contribution in [2.75, 3.05) is 0 Å². The van der Waals surface area contributed by atoms with E-state index in [0.717, 1.165) is 11.1 Å². The quantitative estimate of drug-likeness (QED) is 0.445. The highest BCUT2D eigenvalue weighted by atomic mass is 16.2. The molecule has 1 aliphatic rings. The summed E-state index contributed by atoms with van der Waals surface area (Å²) in [7, 11) is 0. The first-order valence-electron chi connectivity index (χ1n) is 8.72. The number of Topliss-reactive ketones (excluding diaryl/α,β-unsaturated/α-hetero) is 2. The summed E-state index contributed by atoms with van der Waals surface area (Å²) in [6, 6.07) is 15.9. The van der Waals surface area contributed by atoms with Crippen LogP contribution in [0.5, 0.6) is 0 Å². The number of benzene rings is 2. The van der Waals surface area contributed by atoms with Crippen molar-refractivity contribution in [2.45, 2.75) is 25.7 Å². The van der Waals surface area contributed by atoms with Crippen molar-refractivity contribution in [1.82, 2.24) is 0 Å². The molecular formula is C24H19NO2. The van der Waals surface area contributed by atoms with Gasteiger partial charge in [0.05, 0.1) is 11.6 Å². The highest BCUT2D eigenvalue weighted by Gasteiger charge is 2.57. The van der Waals surface area contributed by atoms with Crippen LogP contribution in [0.4, 0.5) is 0 Å². The number of allylic oxidation sites excluding steroid dienone is 1. The van der Waals surface area contributed by atoms with Crippen molar-refractivity contribution in [3.8, 4) is 18.4 Å². The van der Waals surface area contributed by atoms with Gasteiger partial charge in [-0.1, -0.05) is 42.0 Å². The van der Waals surface area contributed by atoms with Gasteiger partial charge in [0.2, 0.25) is 0 Å². The number of carbonyl (C=O) groups excluding carboxylic acids is 2. The van der Waals surface area contributed by atoms with Crippen molar-refractivity contribution < 1.29 is 9.59 Å². The molecule has 0 saturated heterocycles. The Morgan fingerprint density at radius 2 is 1.67 bits per heavy atom. The fraction of sp³-hybridized carbons (Fsp3) is 0.208. The number of hydrogen-bond donors (Lipinski definition) is 0. The standard InChI is InChI=1S/C24H19NO2/c1-4-7-21(18-12-10-17(15-25)11-13-18)24(14-16(2)3)22(26)19-8-5-6-9-20(19)23(24)27/h1,5-6,8-13,21H,2,7,14H2,3H3. The number of nitrogens with zero attached hydrogens (tertiary/aromatic N) is 1. The lowest BCUT2D eigenvalue weighted by molar-refractivity contribution is 0.0649. The van der Waals surface area contributed by atoms with Crippen LogP contribution >= 0.6 is 0 Å². The number of terminal acetylenes is 1. The maximum absolute atomic E-state index is 13.5. The molecule has 0 amide bonds. The summed E-state index contributed by atoms with van der Waals surface area (Å²) in [4.78, 5) is 27.0. The predicted octanol–water partition coefficient (Wildman–Crippen LogP) is 4.70. The average molecular weight is 353 g/mol. The zero-order valence-electron chi connectivity index (χ0n) is 15.2. The van der Waals surface area contributed by atoms with Gasteiger partial charge in [-0.05, 0) is 31.0 Å². The normalized spacial score (nSPS) is 15.5. The molecule has 0 radical (unpaired) electrons. The molecule has 0 aliphatic heterocycles. The second-order valence-electron chi connectivity index (χ2n) is 7.00. The lowest BCUT2D eigenvalue weighted by Gasteiger charge is -2.34. The van der Waals surface area contributed by atoms with Gasteiger partial charge in [-0.25, -0.2) is 0 Å². The molecule has 3 nitrogen and oxygen atoms in total. The molecule has 2 aromatic rings. The number of carbonyl (C=O) groups is 2. The van der Waals surface area contributed by atoms with E-state index in [1.54, 1.807) is 48.5 Å². The number of rotatable bonds is 5. The molecule has 0 saturated carbocycles. The van der Waals surface area contributed by atoms with Crippen LogP contribution in [0.1, 0.15) is 57.5 Å². The summed E-state index contributed by atoms with van der Waals surface area (Å²) in [5, 5.41) is 9.05. The second-order valence-corrected chi connectivity index (χ2v) is 7.00. The van der Waals surface area contributed by atoms with Crippen molar-refractivity contribution in [2.24, 2.45) is 5.41 Å². The Hall–Kier alpha value is -3.43. The van der Waals surface area contributed by atoms with E-state index in [2.05, 4.69) is 18.6 Å². The Balaban J connectivity index is 2.22. The molecule has 0 N–H and O–H groups in total. The Bertz CT molecular complexity index is 981. The minimum atomic E-state index is -1.30. The largest absolute Gasteiger partial charge is 0.293 e. The van der Waals surface area contributed by atoms with Crippen LogP contribution in [-0.2, 0) is 0 Å². The maximum atomic E-state index is 13.5. The van der Waals surface area contributed by atoms with Gasteiger partial charge < -0.3 is 0 Å². The van der Waals surface area contributed by atoms with E-state index in [-0.39, 0.29) is 24.4 Å². The van der Waals surface area contributed by atoms with Crippen LogP contribution < -0.4 is 0 Å². The first kappa shape index (κ1) is 18.4. The van der Waals surface area contributed by atoms with Crippen molar-refractivity contribution >= 4 is 11.6 Å². The SMILES string of the molecule is C#CCC(c1ccc(C#N)cc1)C1(CC(=C)C)C(=O)c2ccccc2C1=O. The third-order valence-electron chi connectivity index (χ3n) is 5.17. The van der Waals surface area contributed by atoms with Crippen LogP contribution in [0.2, 0.25) is 0 Å². The van der Waals surface area contributed by atoms with Crippen LogP contribution in [-0.4, -0.2) is 11.6 Å². The zero-order chi connectivity index (χ0) is 19.6. The Morgan fingerprint density at radius 1 is 1.11 bits per heavy atom. The van der Waals surface area contributed by atoms with Crippen molar-refractivity contribution in [1.29, 1.82) is 5.26 Å². The topological polar surface area (TPSA) is 57.9 Å². The van der Waals surface area contributed by atoms with Gasteiger partial charge in [-0.2, -0.15) is 5.26 Å². The first-order valence-corrected chi connectivity index (χ1v) is 8.72. The highest BCUT2D eigenvalue weighted by molar-refractivity contribution is 6.30. The molecule has 27 heavy (non-hydrogen) atoms. The lowest BCUT2D eigenvalue weighted by atomic mass is 9.64. The molecule has 3 rings (SSSR count). The summed E-state index contributed by atoms with van der Waals surface area (Å²) in [6.45, 7) is 5.78. The van der Waals surface area contributed by atoms with E-state index in [9.17, 15) is 9.59 Å². The van der Waals surface area contributed by atoms with Crippen LogP contribution in [0.25, 0.3) is 0 Å². The van der Waals surface area contributed by atoms with E-state index in [1.165, 1.54) is 0 Å². The molecule has 1 aliphatic carbocycles. The first-order chi connectivity index (χ1) is 13.0. The fourth-order valence-electron chi connectivity index (χ4n) is 4.02. The van der Waals surface area contributed by atoms with Gasteiger partial charge in [-0.15, -0.1) is 18.9 Å². The maximum Gasteiger partial charge on any atom is 0.178 e. The van der Waals surface area contributed by atoms with Crippen LogP contribution in [0.15, 0.2) is 60.7 Å². The smallest absolute Gasteiger partial charge is 0.178 e. The lowest BCUT2D eigenvalue weighted by Crippen LogP contribution is -2.40. The van der Waals surface area contributed by atoms with E-state index < -0.39 is 11.3 Å². The minimum Gasteiger partial charge on any atom is -0.293 e. The second kappa shape index (κ2) is 7.06. The molecule has 1 unspecified atom stereocenters. The zero-order valence-corrected chi connectivity index (χ0v) is 15.2. The van der Waals surface area contributed by atoms with E-state index in [1.807, 2.05) is 6.92 Å². The summed E-state index contributed by atoms with van der Waals surface area (Å²) in [5.74, 6) is 1.76. The fourth-order valence-corrected chi connectivity index (χ4v) is 4.02. The number of fused-ring (bicyclic) bond motifs is 1. The number of hydrogen-bond acceptors (Lipinski definition) is 3. The van der Waals surface area contributed by atoms with Crippen LogP contribution in [0.3, 0.4) is 0 Å². The molecule has 2 aromatic carbocycles. The molecule has 0 heterocycles. The van der Waals surface area contributed by atoms with Gasteiger partial charge in [0.1, 0.15) is 5.41 Å². The average Bonchev–Trinajstić information content (AvgIpc) is 2.89. The minimum absolute atomic E-state index is 0.198. The van der Waals surface area contributed by atoms with E-state index >= 15 is 0 Å². The Labute approximate surface area is 159 Å². The number of ketones is 2. The summed E-state index contributed by atoms with van der Waals surface area (Å²) < 4.78 is 0. The highest BCUT2D eigenvalue weighted by Crippen LogP contribution is 2.51. The molecular weight excluding hydrogens is 334 g/mol. The molecule has 0 aromatic heterocycles. The Morgan fingerprint density at radius 3 is 2.11 bits per heavy atom. The van der Waals surface area contributed by atoms with Gasteiger partial charge in [-0.3, -0.25) is 9.59 Å². The molecule has 132 valence electrons. The summed E-state index contributed by atoms with van der Waals surface area (Å²) in [5.41, 5.74) is 1.64. The van der Waals surface area contributed by atoms with Gasteiger partial charge >= 0.3 is 0 Å². The Kier molecular flexibility index (Phi) is 4.80. The van der Waals surface area contributed by atoms with Crippen molar-refractivity contribution in [3.63, 3.8) is 0 Å². The van der Waals surface area contributed by atoms with Gasteiger partial charge in [0, 0.05) is 23.5 Å². The van der Waals surface area contributed by atoms with E-state index in [0.29, 0.717) is 16.7 Å². The summed E-state index contributed by atoms with van der Waals surface area (Å²) >= 11 is 0. The van der Waals surface area contributed by atoms with Crippen molar-refractivity contribution in [3.05, 3.63) is 82.9 Å². The molecule has 0 fully saturated rings. The molecule has 0 bridgehead atoms. The van der Waals surface area contributed by atoms with Gasteiger partial charge in [0.25, 0.3) is 0 Å². The molecule has 1 atom stereocenters. The van der Waals surface area contributed by atoms with Gasteiger partial charge in [0.15, 0.2) is 11.6 Å². The third-order valence-corrected chi connectivity index (χ3v) is 5.17. The van der Waals surface area contributed by atoms with Crippen LogP contribution in [0, 0.1) is 29.1 Å². The third kappa shape index (κ3) is 2.88. The number of nitriles is 1. The molecule has 3 heteroatoms. The van der Waals surface area contributed by atoms with E-state index in [4.69, 9.17) is 11.7 Å². The predicted molar refractivity (Wildman–Crippen MR) is 104 cm³/mol. The monoisotopic (exact) mass is 353 g/mol. The summed E-state index contributed by atoms with van der Waals surface area (Å²) in [6.07, 6.45) is 6.11. The molecule has 0 spiro atoms.